The Bertz CT molecular complexity index is 518. The van der Waals surface area contributed by atoms with Crippen LogP contribution in [0.1, 0.15) is 30.4 Å². The van der Waals surface area contributed by atoms with E-state index in [2.05, 4.69) is 5.32 Å². The van der Waals surface area contributed by atoms with E-state index in [4.69, 9.17) is 5.26 Å². The van der Waals surface area contributed by atoms with Gasteiger partial charge in [0.15, 0.2) is 0 Å². The lowest BCUT2D eigenvalue weighted by atomic mass is 10.1. The highest BCUT2D eigenvalue weighted by atomic mass is 19.1. The van der Waals surface area contributed by atoms with Crippen LogP contribution in [0.15, 0.2) is 18.2 Å². The summed E-state index contributed by atoms with van der Waals surface area (Å²) in [5.74, 6) is -0.235. The van der Waals surface area contributed by atoms with Crippen molar-refractivity contribution in [2.75, 3.05) is 19.6 Å². The van der Waals surface area contributed by atoms with E-state index in [9.17, 15) is 9.18 Å². The third kappa shape index (κ3) is 4.04. The lowest BCUT2D eigenvalue weighted by molar-refractivity contribution is -0.130. The molecule has 1 aliphatic heterocycles. The fourth-order valence-corrected chi connectivity index (χ4v) is 2.37. The maximum atomic E-state index is 13.2. The fraction of sp³-hybridized carbons (Fsp3) is 0.467. The highest BCUT2D eigenvalue weighted by Crippen LogP contribution is 2.09. The van der Waals surface area contributed by atoms with Crippen LogP contribution < -0.4 is 5.32 Å². The first-order chi connectivity index (χ1) is 9.69. The molecule has 1 aromatic rings. The molecule has 1 aromatic carbocycles. The Morgan fingerprint density at radius 2 is 2.10 bits per heavy atom. The van der Waals surface area contributed by atoms with Gasteiger partial charge >= 0.3 is 0 Å². The number of likely N-dealkylation sites (tertiary alicyclic amines) is 1. The summed E-state index contributed by atoms with van der Waals surface area (Å²) in [6.45, 7) is 2.76. The smallest absolute Gasteiger partial charge is 0.223 e. The highest BCUT2D eigenvalue weighted by molar-refractivity contribution is 5.76. The maximum absolute atomic E-state index is 13.2. The van der Waals surface area contributed by atoms with Crippen molar-refractivity contribution in [1.82, 2.24) is 10.2 Å². The van der Waals surface area contributed by atoms with E-state index < -0.39 is 5.82 Å². The molecule has 0 radical (unpaired) electrons. The molecule has 1 saturated heterocycles. The van der Waals surface area contributed by atoms with Crippen molar-refractivity contribution in [3.05, 3.63) is 35.1 Å². The molecule has 1 aliphatic rings. The van der Waals surface area contributed by atoms with Crippen LogP contribution in [0.4, 0.5) is 4.39 Å². The average molecular weight is 275 g/mol. The van der Waals surface area contributed by atoms with Crippen molar-refractivity contribution in [3.63, 3.8) is 0 Å². The standard InChI is InChI=1S/C15H18FN3O/c16-14-8-12(10-17)7-13(9-14)11-18-4-3-15(20)19-5-1-2-6-19/h7-9,18H,1-6,11H2. The molecular formula is C15H18FN3O. The third-order valence-corrected chi connectivity index (χ3v) is 3.39. The molecule has 5 heteroatoms. The van der Waals surface area contributed by atoms with E-state index in [1.807, 2.05) is 11.0 Å². The molecule has 0 spiro atoms. The fourth-order valence-electron chi connectivity index (χ4n) is 2.37. The van der Waals surface area contributed by atoms with E-state index in [0.717, 1.165) is 31.5 Å². The molecule has 0 bridgehead atoms. The van der Waals surface area contributed by atoms with Crippen LogP contribution in [-0.4, -0.2) is 30.4 Å². The van der Waals surface area contributed by atoms with Gasteiger partial charge in [-0.05, 0) is 36.6 Å². The molecule has 1 amide bonds. The predicted molar refractivity (Wildman–Crippen MR) is 73.3 cm³/mol. The molecule has 20 heavy (non-hydrogen) atoms. The maximum Gasteiger partial charge on any atom is 0.223 e. The zero-order valence-electron chi connectivity index (χ0n) is 11.4. The van der Waals surface area contributed by atoms with E-state index in [1.54, 1.807) is 6.07 Å². The number of hydrogen-bond donors (Lipinski definition) is 1. The molecule has 2 rings (SSSR count). The monoisotopic (exact) mass is 275 g/mol. The Morgan fingerprint density at radius 1 is 1.35 bits per heavy atom. The highest BCUT2D eigenvalue weighted by Gasteiger charge is 2.16. The van der Waals surface area contributed by atoms with Gasteiger partial charge < -0.3 is 10.2 Å². The Hall–Kier alpha value is -1.93. The Labute approximate surface area is 118 Å². The Morgan fingerprint density at radius 3 is 2.80 bits per heavy atom. The lowest BCUT2D eigenvalue weighted by Gasteiger charge is -2.15. The van der Waals surface area contributed by atoms with Crippen molar-refractivity contribution in [2.45, 2.75) is 25.8 Å². The number of halogens is 1. The van der Waals surface area contributed by atoms with Crippen molar-refractivity contribution >= 4 is 5.91 Å². The minimum Gasteiger partial charge on any atom is -0.343 e. The number of hydrogen-bond acceptors (Lipinski definition) is 3. The van der Waals surface area contributed by atoms with Gasteiger partial charge in [-0.1, -0.05) is 0 Å². The number of benzene rings is 1. The number of carbonyl (C=O) groups is 1. The number of rotatable bonds is 5. The van der Waals surface area contributed by atoms with E-state index in [-0.39, 0.29) is 5.91 Å². The number of amides is 1. The van der Waals surface area contributed by atoms with Gasteiger partial charge in [-0.3, -0.25) is 4.79 Å². The van der Waals surface area contributed by atoms with Gasteiger partial charge in [0.25, 0.3) is 0 Å². The first-order valence-corrected chi connectivity index (χ1v) is 6.87. The number of nitrogens with zero attached hydrogens (tertiary/aromatic N) is 2. The summed E-state index contributed by atoms with van der Waals surface area (Å²) in [6, 6.07) is 6.18. The number of nitrogens with one attached hydrogen (secondary N) is 1. The Balaban J connectivity index is 1.74. The molecule has 1 heterocycles. The second-order valence-electron chi connectivity index (χ2n) is 4.97. The summed E-state index contributed by atoms with van der Waals surface area (Å²) >= 11 is 0. The van der Waals surface area contributed by atoms with Crippen LogP contribution in [0.5, 0.6) is 0 Å². The largest absolute Gasteiger partial charge is 0.343 e. The van der Waals surface area contributed by atoms with Crippen molar-refractivity contribution in [3.8, 4) is 6.07 Å². The molecule has 0 saturated carbocycles. The summed E-state index contributed by atoms with van der Waals surface area (Å²) < 4.78 is 13.2. The zero-order chi connectivity index (χ0) is 14.4. The van der Waals surface area contributed by atoms with Crippen LogP contribution in [0.25, 0.3) is 0 Å². The molecule has 0 unspecified atom stereocenters. The minimum atomic E-state index is -0.408. The summed E-state index contributed by atoms with van der Waals surface area (Å²) in [5.41, 5.74) is 1.03. The molecule has 1 N–H and O–H groups in total. The van der Waals surface area contributed by atoms with Crippen LogP contribution in [0.2, 0.25) is 0 Å². The topological polar surface area (TPSA) is 56.1 Å². The van der Waals surface area contributed by atoms with E-state index in [1.165, 1.54) is 12.1 Å². The predicted octanol–water partition coefficient (Wildman–Crippen LogP) is 1.80. The van der Waals surface area contributed by atoms with Gasteiger partial charge in [0.2, 0.25) is 5.91 Å². The average Bonchev–Trinajstić information content (AvgIpc) is 2.97. The molecule has 4 nitrogen and oxygen atoms in total. The normalized spacial score (nSPS) is 14.3. The Kier molecular flexibility index (Phi) is 5.08. The van der Waals surface area contributed by atoms with Crippen molar-refractivity contribution in [1.29, 1.82) is 5.26 Å². The zero-order valence-corrected chi connectivity index (χ0v) is 11.4. The first-order valence-electron chi connectivity index (χ1n) is 6.87. The molecule has 0 aliphatic carbocycles. The molecule has 0 atom stereocenters. The summed E-state index contributed by atoms with van der Waals surface area (Å²) in [4.78, 5) is 13.7. The number of nitriles is 1. The van der Waals surface area contributed by atoms with Gasteiger partial charge in [0.05, 0.1) is 11.6 Å². The summed E-state index contributed by atoms with van der Waals surface area (Å²) in [6.07, 6.45) is 2.65. The van der Waals surface area contributed by atoms with Gasteiger partial charge in [-0.25, -0.2) is 4.39 Å². The summed E-state index contributed by atoms with van der Waals surface area (Å²) in [7, 11) is 0. The second-order valence-corrected chi connectivity index (χ2v) is 4.97. The van der Waals surface area contributed by atoms with Crippen LogP contribution in [0, 0.1) is 17.1 Å². The van der Waals surface area contributed by atoms with Gasteiger partial charge in [-0.15, -0.1) is 0 Å². The van der Waals surface area contributed by atoms with Gasteiger partial charge in [0, 0.05) is 32.6 Å². The van der Waals surface area contributed by atoms with Gasteiger partial charge in [-0.2, -0.15) is 5.26 Å². The van der Waals surface area contributed by atoms with Crippen molar-refractivity contribution < 1.29 is 9.18 Å². The van der Waals surface area contributed by atoms with Crippen LogP contribution in [-0.2, 0) is 11.3 Å². The lowest BCUT2D eigenvalue weighted by Crippen LogP contribution is -2.30. The summed E-state index contributed by atoms with van der Waals surface area (Å²) in [5, 5.41) is 11.9. The third-order valence-electron chi connectivity index (χ3n) is 3.39. The number of carbonyl (C=O) groups excluding carboxylic acids is 1. The van der Waals surface area contributed by atoms with Gasteiger partial charge in [0.1, 0.15) is 5.82 Å². The molecular weight excluding hydrogens is 257 g/mol. The van der Waals surface area contributed by atoms with Crippen LogP contribution >= 0.6 is 0 Å². The minimum absolute atomic E-state index is 0.173. The first kappa shape index (κ1) is 14.5. The van der Waals surface area contributed by atoms with Crippen molar-refractivity contribution in [2.24, 2.45) is 0 Å². The molecule has 0 aromatic heterocycles. The quantitative estimate of drug-likeness (QED) is 0.834. The molecule has 1 fully saturated rings. The van der Waals surface area contributed by atoms with Crippen LogP contribution in [0.3, 0.4) is 0 Å². The second kappa shape index (κ2) is 7.01. The van der Waals surface area contributed by atoms with E-state index >= 15 is 0 Å². The SMILES string of the molecule is N#Cc1cc(F)cc(CNCCC(=O)N2CCCC2)c1. The van der Waals surface area contributed by atoms with E-state index in [0.29, 0.717) is 25.1 Å². The molecule has 106 valence electrons.